The monoisotopic (exact) mass is 245 g/mol. The molecule has 4 heteroatoms. The lowest BCUT2D eigenvalue weighted by atomic mass is 10.2. The first-order valence-corrected chi connectivity index (χ1v) is 6.10. The van der Waals surface area contributed by atoms with Gasteiger partial charge in [0.1, 0.15) is 11.6 Å². The van der Waals surface area contributed by atoms with Gasteiger partial charge in [-0.1, -0.05) is 13.8 Å². The molecule has 0 aliphatic rings. The Kier molecular flexibility index (Phi) is 3.99. The Bertz CT molecular complexity index is 488. The van der Waals surface area contributed by atoms with E-state index in [2.05, 4.69) is 29.1 Å². The van der Waals surface area contributed by atoms with Crippen LogP contribution in [0.1, 0.15) is 19.5 Å². The molecule has 0 unspecified atom stereocenters. The Morgan fingerprint density at radius 2 is 2.00 bits per heavy atom. The van der Waals surface area contributed by atoms with Gasteiger partial charge < -0.3 is 15.0 Å². The lowest BCUT2D eigenvalue weighted by molar-refractivity contribution is 0.415. The van der Waals surface area contributed by atoms with Crippen LogP contribution in [0.4, 0.5) is 0 Å². The van der Waals surface area contributed by atoms with E-state index in [0.717, 1.165) is 29.4 Å². The maximum Gasteiger partial charge on any atom is 0.137 e. The summed E-state index contributed by atoms with van der Waals surface area (Å²) in [5.74, 6) is 1.74. The summed E-state index contributed by atoms with van der Waals surface area (Å²) in [5.41, 5.74) is 2.15. The van der Waals surface area contributed by atoms with Crippen LogP contribution in [0, 0.1) is 0 Å². The zero-order chi connectivity index (χ0) is 13.0. The molecule has 0 atom stereocenters. The van der Waals surface area contributed by atoms with Crippen molar-refractivity contribution in [2.75, 3.05) is 7.11 Å². The van der Waals surface area contributed by atoms with Crippen molar-refractivity contribution in [3.05, 3.63) is 36.2 Å². The minimum absolute atomic E-state index is 0.470. The van der Waals surface area contributed by atoms with E-state index in [4.69, 9.17) is 4.74 Å². The van der Waals surface area contributed by atoms with Crippen LogP contribution in [-0.2, 0) is 6.54 Å². The molecule has 0 radical (unpaired) electrons. The minimum Gasteiger partial charge on any atom is -0.497 e. The third kappa shape index (κ3) is 3.11. The van der Waals surface area contributed by atoms with E-state index in [0.29, 0.717) is 6.04 Å². The molecule has 96 valence electrons. The molecule has 0 bridgehead atoms. The van der Waals surface area contributed by atoms with Gasteiger partial charge >= 0.3 is 0 Å². The fourth-order valence-electron chi connectivity index (χ4n) is 1.66. The number of imidazole rings is 1. The lowest BCUT2D eigenvalue weighted by Crippen LogP contribution is -2.21. The molecule has 2 N–H and O–H groups in total. The average molecular weight is 245 g/mol. The van der Waals surface area contributed by atoms with Crippen LogP contribution in [0.2, 0.25) is 0 Å². The molecule has 4 nitrogen and oxygen atoms in total. The topological polar surface area (TPSA) is 49.9 Å². The van der Waals surface area contributed by atoms with Crippen LogP contribution in [0.3, 0.4) is 0 Å². The quantitative estimate of drug-likeness (QED) is 0.851. The number of aromatic amines is 1. The summed E-state index contributed by atoms with van der Waals surface area (Å²) in [7, 11) is 1.66. The Morgan fingerprint density at radius 3 is 2.61 bits per heavy atom. The van der Waals surface area contributed by atoms with Gasteiger partial charge in [-0.05, 0) is 24.3 Å². The van der Waals surface area contributed by atoms with Crippen molar-refractivity contribution in [3.63, 3.8) is 0 Å². The van der Waals surface area contributed by atoms with Gasteiger partial charge in [-0.2, -0.15) is 0 Å². The summed E-state index contributed by atoms with van der Waals surface area (Å²) in [6.07, 6.45) is 1.87. The van der Waals surface area contributed by atoms with E-state index < -0.39 is 0 Å². The number of H-pyrrole nitrogens is 1. The maximum atomic E-state index is 5.13. The molecule has 18 heavy (non-hydrogen) atoms. The zero-order valence-corrected chi connectivity index (χ0v) is 11.0. The highest BCUT2D eigenvalue weighted by Crippen LogP contribution is 2.19. The molecule has 0 saturated carbocycles. The highest BCUT2D eigenvalue weighted by atomic mass is 16.5. The Balaban J connectivity index is 2.08. The van der Waals surface area contributed by atoms with Crippen LogP contribution in [0.15, 0.2) is 30.5 Å². The molecule has 0 aliphatic heterocycles. The second-order valence-corrected chi connectivity index (χ2v) is 4.52. The summed E-state index contributed by atoms with van der Waals surface area (Å²) in [5, 5.41) is 3.35. The average Bonchev–Trinajstić information content (AvgIpc) is 2.85. The zero-order valence-electron chi connectivity index (χ0n) is 11.0. The predicted octanol–water partition coefficient (Wildman–Crippen LogP) is 2.58. The van der Waals surface area contributed by atoms with E-state index in [1.54, 1.807) is 7.11 Å². The molecular formula is C14H19N3O. The number of methoxy groups -OCH3 is 1. The first-order chi connectivity index (χ1) is 8.69. The Labute approximate surface area is 107 Å². The van der Waals surface area contributed by atoms with Gasteiger partial charge in [0.2, 0.25) is 0 Å². The molecule has 2 rings (SSSR count). The van der Waals surface area contributed by atoms with Crippen LogP contribution < -0.4 is 10.1 Å². The number of benzene rings is 1. The number of hydrogen-bond acceptors (Lipinski definition) is 3. The van der Waals surface area contributed by atoms with Crippen molar-refractivity contribution in [2.45, 2.75) is 26.4 Å². The van der Waals surface area contributed by atoms with Crippen molar-refractivity contribution >= 4 is 0 Å². The Morgan fingerprint density at radius 1 is 1.28 bits per heavy atom. The standard InChI is InChI=1S/C14H19N3O/c1-10(2)15-8-12-9-16-14(17-12)11-4-6-13(18-3)7-5-11/h4-7,9-10,15H,8H2,1-3H3,(H,16,17). The van der Waals surface area contributed by atoms with E-state index in [9.17, 15) is 0 Å². The van der Waals surface area contributed by atoms with Gasteiger partial charge in [-0.15, -0.1) is 0 Å². The smallest absolute Gasteiger partial charge is 0.137 e. The van der Waals surface area contributed by atoms with Gasteiger partial charge in [-0.25, -0.2) is 4.98 Å². The van der Waals surface area contributed by atoms with Gasteiger partial charge in [-0.3, -0.25) is 0 Å². The van der Waals surface area contributed by atoms with E-state index >= 15 is 0 Å². The predicted molar refractivity (Wildman–Crippen MR) is 72.6 cm³/mol. The van der Waals surface area contributed by atoms with Crippen molar-refractivity contribution in [3.8, 4) is 17.1 Å². The van der Waals surface area contributed by atoms with Crippen molar-refractivity contribution in [1.29, 1.82) is 0 Å². The van der Waals surface area contributed by atoms with Crippen molar-refractivity contribution < 1.29 is 4.74 Å². The summed E-state index contributed by atoms with van der Waals surface area (Å²) in [4.78, 5) is 7.69. The molecule has 0 aliphatic carbocycles. The van der Waals surface area contributed by atoms with Crippen LogP contribution in [0.5, 0.6) is 5.75 Å². The highest BCUT2D eigenvalue weighted by molar-refractivity contribution is 5.56. The van der Waals surface area contributed by atoms with E-state index in [1.165, 1.54) is 0 Å². The van der Waals surface area contributed by atoms with Gasteiger partial charge in [0, 0.05) is 30.0 Å². The number of hydrogen-bond donors (Lipinski definition) is 2. The molecule has 0 spiro atoms. The minimum atomic E-state index is 0.470. The largest absolute Gasteiger partial charge is 0.497 e. The van der Waals surface area contributed by atoms with Crippen LogP contribution >= 0.6 is 0 Å². The Hall–Kier alpha value is -1.81. The first kappa shape index (κ1) is 12.6. The number of rotatable bonds is 5. The van der Waals surface area contributed by atoms with E-state index in [-0.39, 0.29) is 0 Å². The molecule has 0 saturated heterocycles. The van der Waals surface area contributed by atoms with Crippen molar-refractivity contribution in [1.82, 2.24) is 15.3 Å². The summed E-state index contributed by atoms with van der Waals surface area (Å²) < 4.78 is 5.13. The molecule has 2 aromatic rings. The number of aromatic nitrogens is 2. The van der Waals surface area contributed by atoms with Crippen LogP contribution in [-0.4, -0.2) is 23.1 Å². The second-order valence-electron chi connectivity index (χ2n) is 4.52. The molecule has 1 aromatic carbocycles. The first-order valence-electron chi connectivity index (χ1n) is 6.10. The third-order valence-corrected chi connectivity index (χ3v) is 2.69. The number of nitrogens with zero attached hydrogens (tertiary/aromatic N) is 1. The van der Waals surface area contributed by atoms with Crippen LogP contribution in [0.25, 0.3) is 11.4 Å². The van der Waals surface area contributed by atoms with Gasteiger partial charge in [0.05, 0.1) is 7.11 Å². The molecule has 0 amide bonds. The normalized spacial score (nSPS) is 10.9. The molecular weight excluding hydrogens is 226 g/mol. The number of nitrogens with one attached hydrogen (secondary N) is 2. The number of ether oxygens (including phenoxy) is 1. The highest BCUT2D eigenvalue weighted by Gasteiger charge is 2.04. The lowest BCUT2D eigenvalue weighted by Gasteiger charge is -2.05. The SMILES string of the molecule is COc1ccc(-c2ncc(CNC(C)C)[nH]2)cc1. The molecule has 1 aromatic heterocycles. The maximum absolute atomic E-state index is 5.13. The fourth-order valence-corrected chi connectivity index (χ4v) is 1.66. The summed E-state index contributed by atoms with van der Waals surface area (Å²) >= 11 is 0. The van der Waals surface area contributed by atoms with Crippen molar-refractivity contribution in [2.24, 2.45) is 0 Å². The third-order valence-electron chi connectivity index (χ3n) is 2.69. The second kappa shape index (κ2) is 5.69. The molecule has 1 heterocycles. The van der Waals surface area contributed by atoms with Gasteiger partial charge in [0.15, 0.2) is 0 Å². The summed E-state index contributed by atoms with van der Waals surface area (Å²) in [6, 6.07) is 8.33. The molecule has 0 fully saturated rings. The fraction of sp³-hybridized carbons (Fsp3) is 0.357. The van der Waals surface area contributed by atoms with E-state index in [1.807, 2.05) is 30.5 Å². The summed E-state index contributed by atoms with van der Waals surface area (Å²) in [6.45, 7) is 5.06. The van der Waals surface area contributed by atoms with Gasteiger partial charge in [0.25, 0.3) is 0 Å².